The van der Waals surface area contributed by atoms with E-state index in [2.05, 4.69) is 28.7 Å². The first-order valence-electron chi connectivity index (χ1n) is 6.25. The zero-order valence-corrected chi connectivity index (χ0v) is 11.8. The molecule has 5 heteroatoms. The minimum absolute atomic E-state index is 0.143. The Labute approximate surface area is 117 Å². The molecule has 0 bridgehead atoms. The van der Waals surface area contributed by atoms with Crippen LogP contribution in [0.15, 0.2) is 30.6 Å². The maximum absolute atomic E-state index is 13.1. The third-order valence-electron chi connectivity index (χ3n) is 2.71. The first-order valence-corrected chi connectivity index (χ1v) is 6.63. The molecule has 102 valence electrons. The molecule has 0 unspecified atom stereocenters. The number of nitrogens with zero attached hydrogens (tertiary/aromatic N) is 2. The first kappa shape index (κ1) is 13.9. The highest BCUT2D eigenvalue weighted by Gasteiger charge is 2.05. The Balaban J connectivity index is 2.02. The summed E-state index contributed by atoms with van der Waals surface area (Å²) in [7, 11) is 0. The van der Waals surface area contributed by atoms with Crippen molar-refractivity contribution in [3.63, 3.8) is 0 Å². The topological polar surface area (TPSA) is 29.9 Å². The van der Waals surface area contributed by atoms with Crippen molar-refractivity contribution in [1.82, 2.24) is 9.55 Å². The first-order chi connectivity index (χ1) is 9.06. The number of hydrogen-bond donors (Lipinski definition) is 1. The highest BCUT2D eigenvalue weighted by atomic mass is 35.5. The molecule has 0 aliphatic rings. The Hall–Kier alpha value is -1.55. The summed E-state index contributed by atoms with van der Waals surface area (Å²) in [5.41, 5.74) is 0.922. The highest BCUT2D eigenvalue weighted by molar-refractivity contribution is 6.30. The molecule has 0 atom stereocenters. The van der Waals surface area contributed by atoms with Crippen LogP contribution in [0.3, 0.4) is 0 Å². The van der Waals surface area contributed by atoms with Gasteiger partial charge >= 0.3 is 0 Å². The molecule has 0 saturated carbocycles. The van der Waals surface area contributed by atoms with Gasteiger partial charge in [-0.2, -0.15) is 0 Å². The summed E-state index contributed by atoms with van der Waals surface area (Å²) in [4.78, 5) is 4.27. The molecule has 3 nitrogen and oxygen atoms in total. The molecule has 1 aromatic carbocycles. The third-order valence-corrected chi connectivity index (χ3v) is 3.00. The molecule has 1 heterocycles. The second-order valence-corrected chi connectivity index (χ2v) is 5.31. The van der Waals surface area contributed by atoms with Crippen LogP contribution in [0.25, 0.3) is 0 Å². The van der Waals surface area contributed by atoms with Gasteiger partial charge in [-0.1, -0.05) is 31.5 Å². The molecule has 0 aliphatic heterocycles. The molecule has 0 fully saturated rings. The van der Waals surface area contributed by atoms with E-state index < -0.39 is 5.82 Å². The molecule has 19 heavy (non-hydrogen) atoms. The summed E-state index contributed by atoms with van der Waals surface area (Å²) in [6.07, 6.45) is 3.71. The van der Waals surface area contributed by atoms with Crippen molar-refractivity contribution >= 4 is 17.5 Å². The number of halogens is 2. The Kier molecular flexibility index (Phi) is 4.43. The van der Waals surface area contributed by atoms with Crippen LogP contribution in [0.4, 0.5) is 10.3 Å². The molecular formula is C14H17ClFN3. The second kappa shape index (κ2) is 6.06. The van der Waals surface area contributed by atoms with Crippen molar-refractivity contribution in [3.05, 3.63) is 47.0 Å². The second-order valence-electron chi connectivity index (χ2n) is 4.90. The largest absolute Gasteiger partial charge is 0.352 e. The van der Waals surface area contributed by atoms with Gasteiger partial charge in [0, 0.05) is 25.5 Å². The van der Waals surface area contributed by atoms with Crippen LogP contribution < -0.4 is 5.32 Å². The lowest BCUT2D eigenvalue weighted by molar-refractivity contribution is 0.526. The average Bonchev–Trinajstić information content (AvgIpc) is 2.77. The number of nitrogens with one attached hydrogen (secondary N) is 1. The van der Waals surface area contributed by atoms with E-state index >= 15 is 0 Å². The van der Waals surface area contributed by atoms with Gasteiger partial charge in [0.25, 0.3) is 0 Å². The lowest BCUT2D eigenvalue weighted by Crippen LogP contribution is -2.10. The lowest BCUT2D eigenvalue weighted by atomic mass is 10.2. The summed E-state index contributed by atoms with van der Waals surface area (Å²) in [5, 5.41) is 3.38. The number of benzene rings is 1. The van der Waals surface area contributed by atoms with Crippen molar-refractivity contribution in [1.29, 1.82) is 0 Å². The fourth-order valence-electron chi connectivity index (χ4n) is 1.85. The minimum Gasteiger partial charge on any atom is -0.352 e. The van der Waals surface area contributed by atoms with E-state index in [-0.39, 0.29) is 5.02 Å². The Morgan fingerprint density at radius 2 is 2.21 bits per heavy atom. The SMILES string of the molecule is CC(C)Cn1ccnc1NCc1ccc(F)c(Cl)c1. The van der Waals surface area contributed by atoms with Crippen molar-refractivity contribution < 1.29 is 4.39 Å². The van der Waals surface area contributed by atoms with E-state index in [1.165, 1.54) is 6.07 Å². The summed E-state index contributed by atoms with van der Waals surface area (Å²) < 4.78 is 15.1. The van der Waals surface area contributed by atoms with Crippen LogP contribution in [0.5, 0.6) is 0 Å². The van der Waals surface area contributed by atoms with Crippen molar-refractivity contribution in [2.24, 2.45) is 5.92 Å². The van der Waals surface area contributed by atoms with Gasteiger partial charge in [0.1, 0.15) is 5.82 Å². The molecule has 1 N–H and O–H groups in total. The van der Waals surface area contributed by atoms with Gasteiger partial charge in [0.2, 0.25) is 5.95 Å². The van der Waals surface area contributed by atoms with E-state index in [1.807, 2.05) is 6.20 Å². The van der Waals surface area contributed by atoms with Gasteiger partial charge in [-0.3, -0.25) is 0 Å². The van der Waals surface area contributed by atoms with Gasteiger partial charge in [-0.05, 0) is 23.6 Å². The molecule has 2 rings (SSSR count). The Bertz CT molecular complexity index is 551. The van der Waals surface area contributed by atoms with E-state index in [0.29, 0.717) is 12.5 Å². The van der Waals surface area contributed by atoms with Crippen LogP contribution in [0, 0.1) is 11.7 Å². The quantitative estimate of drug-likeness (QED) is 0.899. The fraction of sp³-hybridized carbons (Fsp3) is 0.357. The smallest absolute Gasteiger partial charge is 0.203 e. The predicted octanol–water partition coefficient (Wildman–Crippen LogP) is 3.94. The molecule has 0 saturated heterocycles. The van der Waals surface area contributed by atoms with Crippen LogP contribution in [-0.2, 0) is 13.1 Å². The van der Waals surface area contributed by atoms with E-state index in [1.54, 1.807) is 18.3 Å². The predicted molar refractivity (Wildman–Crippen MR) is 75.8 cm³/mol. The van der Waals surface area contributed by atoms with Gasteiger partial charge in [0.05, 0.1) is 5.02 Å². The van der Waals surface area contributed by atoms with Gasteiger partial charge in [0.15, 0.2) is 0 Å². The number of rotatable bonds is 5. The Morgan fingerprint density at radius 1 is 1.42 bits per heavy atom. The minimum atomic E-state index is -0.397. The molecule has 1 aromatic heterocycles. The van der Waals surface area contributed by atoms with E-state index in [9.17, 15) is 4.39 Å². The molecule has 0 spiro atoms. The number of aromatic nitrogens is 2. The van der Waals surface area contributed by atoms with Crippen LogP contribution >= 0.6 is 11.6 Å². The Morgan fingerprint density at radius 3 is 2.89 bits per heavy atom. The molecule has 0 amide bonds. The van der Waals surface area contributed by atoms with Crippen molar-refractivity contribution in [2.45, 2.75) is 26.9 Å². The summed E-state index contributed by atoms with van der Waals surface area (Å²) in [6, 6.07) is 4.71. The zero-order valence-electron chi connectivity index (χ0n) is 11.0. The maximum Gasteiger partial charge on any atom is 0.203 e. The van der Waals surface area contributed by atoms with Gasteiger partial charge in [-0.25, -0.2) is 9.37 Å². The van der Waals surface area contributed by atoms with Crippen LogP contribution in [0.2, 0.25) is 5.02 Å². The van der Waals surface area contributed by atoms with Crippen molar-refractivity contribution in [2.75, 3.05) is 5.32 Å². The fourth-order valence-corrected chi connectivity index (χ4v) is 2.05. The zero-order chi connectivity index (χ0) is 13.8. The summed E-state index contributed by atoms with van der Waals surface area (Å²) in [6.45, 7) is 5.79. The highest BCUT2D eigenvalue weighted by Crippen LogP contribution is 2.17. The number of anilines is 1. The van der Waals surface area contributed by atoms with Crippen LogP contribution in [0.1, 0.15) is 19.4 Å². The number of imidazole rings is 1. The molecule has 0 aliphatic carbocycles. The monoisotopic (exact) mass is 281 g/mol. The van der Waals surface area contributed by atoms with Gasteiger partial charge < -0.3 is 9.88 Å². The van der Waals surface area contributed by atoms with Crippen molar-refractivity contribution in [3.8, 4) is 0 Å². The van der Waals surface area contributed by atoms with E-state index in [0.717, 1.165) is 18.1 Å². The summed E-state index contributed by atoms with van der Waals surface area (Å²) in [5.74, 6) is 0.968. The molecular weight excluding hydrogens is 265 g/mol. The normalized spacial score (nSPS) is 11.0. The standard InChI is InChI=1S/C14H17ClFN3/c1-10(2)9-19-6-5-17-14(19)18-8-11-3-4-13(16)12(15)7-11/h3-7,10H,8-9H2,1-2H3,(H,17,18). The summed E-state index contributed by atoms with van der Waals surface area (Å²) >= 11 is 5.75. The lowest BCUT2D eigenvalue weighted by Gasteiger charge is -2.12. The molecule has 2 aromatic rings. The molecule has 0 radical (unpaired) electrons. The number of hydrogen-bond acceptors (Lipinski definition) is 2. The van der Waals surface area contributed by atoms with Crippen LogP contribution in [-0.4, -0.2) is 9.55 Å². The third kappa shape index (κ3) is 3.70. The maximum atomic E-state index is 13.1. The van der Waals surface area contributed by atoms with E-state index in [4.69, 9.17) is 11.6 Å². The van der Waals surface area contributed by atoms with Gasteiger partial charge in [-0.15, -0.1) is 0 Å². The average molecular weight is 282 g/mol.